The van der Waals surface area contributed by atoms with Crippen molar-refractivity contribution in [3.8, 4) is 5.75 Å². The first kappa shape index (κ1) is 19.4. The summed E-state index contributed by atoms with van der Waals surface area (Å²) in [5.41, 5.74) is 0.327. The van der Waals surface area contributed by atoms with E-state index in [1.54, 1.807) is 18.2 Å². The lowest BCUT2D eigenvalue weighted by molar-refractivity contribution is 0.0947. The van der Waals surface area contributed by atoms with Crippen LogP contribution in [0.25, 0.3) is 0 Å². The fourth-order valence-electron chi connectivity index (χ4n) is 3.00. The van der Waals surface area contributed by atoms with Gasteiger partial charge in [0.15, 0.2) is 0 Å². The minimum atomic E-state index is -3.55. The van der Waals surface area contributed by atoms with Gasteiger partial charge in [0.2, 0.25) is 10.0 Å². The van der Waals surface area contributed by atoms with Crippen molar-refractivity contribution in [1.29, 1.82) is 0 Å². The number of nitrogens with one attached hydrogen (secondary N) is 1. The van der Waals surface area contributed by atoms with Gasteiger partial charge in [-0.15, -0.1) is 0 Å². The fraction of sp³-hybridized carbons (Fsp3) is 0.350. The van der Waals surface area contributed by atoms with Crippen LogP contribution in [0.15, 0.2) is 59.5 Å². The Hall–Kier alpha value is -2.38. The Morgan fingerprint density at radius 2 is 1.74 bits per heavy atom. The van der Waals surface area contributed by atoms with Crippen LogP contribution < -0.4 is 10.1 Å². The summed E-state index contributed by atoms with van der Waals surface area (Å²) in [6.07, 6.45) is 2.81. The number of hydrogen-bond donors (Lipinski definition) is 1. The minimum absolute atomic E-state index is 0.164. The topological polar surface area (TPSA) is 75.7 Å². The number of piperidine rings is 1. The highest BCUT2D eigenvalue weighted by Gasteiger charge is 2.26. The molecule has 7 heteroatoms. The summed E-state index contributed by atoms with van der Waals surface area (Å²) in [7, 11) is -3.55. The number of benzene rings is 2. The highest BCUT2D eigenvalue weighted by atomic mass is 32.2. The van der Waals surface area contributed by atoms with E-state index in [-0.39, 0.29) is 10.8 Å². The highest BCUT2D eigenvalue weighted by Crippen LogP contribution is 2.21. The summed E-state index contributed by atoms with van der Waals surface area (Å²) in [5.74, 6) is 0.420. The number of carbonyl (C=O) groups excluding carboxylic acids is 1. The van der Waals surface area contributed by atoms with E-state index < -0.39 is 10.0 Å². The van der Waals surface area contributed by atoms with Crippen LogP contribution in [0.2, 0.25) is 0 Å². The molecule has 0 unspecified atom stereocenters. The number of para-hydroxylation sites is 1. The first-order chi connectivity index (χ1) is 13.1. The maximum Gasteiger partial charge on any atom is 0.251 e. The van der Waals surface area contributed by atoms with Crippen LogP contribution in [0, 0.1) is 0 Å². The zero-order valence-electron chi connectivity index (χ0n) is 15.1. The quantitative estimate of drug-likeness (QED) is 0.740. The fourth-order valence-corrected chi connectivity index (χ4v) is 4.57. The van der Waals surface area contributed by atoms with Gasteiger partial charge in [-0.25, -0.2) is 8.42 Å². The summed E-state index contributed by atoms with van der Waals surface area (Å²) < 4.78 is 32.5. The van der Waals surface area contributed by atoms with Crippen molar-refractivity contribution in [3.63, 3.8) is 0 Å². The summed E-state index contributed by atoms with van der Waals surface area (Å²) in [5, 5.41) is 2.76. The maximum absolute atomic E-state index is 12.8. The maximum atomic E-state index is 12.8. The van der Waals surface area contributed by atoms with Crippen LogP contribution >= 0.6 is 0 Å². The van der Waals surface area contributed by atoms with Crippen molar-refractivity contribution >= 4 is 15.9 Å². The SMILES string of the molecule is O=C(NCCOc1ccccc1)c1cccc(S(=O)(=O)N2CCCCC2)c1. The number of rotatable bonds is 7. The van der Waals surface area contributed by atoms with Gasteiger partial charge in [0.25, 0.3) is 5.91 Å². The average Bonchev–Trinajstić information content (AvgIpc) is 2.72. The van der Waals surface area contributed by atoms with Gasteiger partial charge in [-0.05, 0) is 43.2 Å². The van der Waals surface area contributed by atoms with E-state index in [1.807, 2.05) is 30.3 Å². The van der Waals surface area contributed by atoms with Crippen molar-refractivity contribution < 1.29 is 17.9 Å². The molecule has 2 aromatic rings. The van der Waals surface area contributed by atoms with Gasteiger partial charge in [0, 0.05) is 18.7 Å². The Balaban J connectivity index is 1.58. The van der Waals surface area contributed by atoms with Crippen molar-refractivity contribution in [2.45, 2.75) is 24.2 Å². The lowest BCUT2D eigenvalue weighted by Crippen LogP contribution is -2.35. The molecule has 1 heterocycles. The van der Waals surface area contributed by atoms with Crippen LogP contribution in [0.3, 0.4) is 0 Å². The van der Waals surface area contributed by atoms with E-state index in [0.29, 0.717) is 31.8 Å². The van der Waals surface area contributed by atoms with Crippen LogP contribution in [0.5, 0.6) is 5.75 Å². The van der Waals surface area contributed by atoms with Gasteiger partial charge in [0.1, 0.15) is 12.4 Å². The van der Waals surface area contributed by atoms with Crippen molar-refractivity contribution in [3.05, 3.63) is 60.2 Å². The molecule has 1 saturated heterocycles. The predicted octanol–water partition coefficient (Wildman–Crippen LogP) is 2.67. The lowest BCUT2D eigenvalue weighted by Gasteiger charge is -2.26. The number of amides is 1. The van der Waals surface area contributed by atoms with Crippen molar-refractivity contribution in [2.75, 3.05) is 26.2 Å². The van der Waals surface area contributed by atoms with E-state index in [1.165, 1.54) is 10.4 Å². The second-order valence-corrected chi connectivity index (χ2v) is 8.35. The molecule has 0 atom stereocenters. The van der Waals surface area contributed by atoms with Crippen LogP contribution in [0.1, 0.15) is 29.6 Å². The molecule has 1 fully saturated rings. The first-order valence-electron chi connectivity index (χ1n) is 9.14. The van der Waals surface area contributed by atoms with Crippen LogP contribution in [0.4, 0.5) is 0 Å². The molecule has 1 aliphatic heterocycles. The molecule has 1 aliphatic rings. The molecule has 0 aliphatic carbocycles. The second-order valence-electron chi connectivity index (χ2n) is 6.41. The van der Waals surface area contributed by atoms with E-state index in [4.69, 9.17) is 4.74 Å². The smallest absolute Gasteiger partial charge is 0.251 e. The number of ether oxygens (including phenoxy) is 1. The van der Waals surface area contributed by atoms with Crippen LogP contribution in [-0.2, 0) is 10.0 Å². The number of sulfonamides is 1. The Morgan fingerprint density at radius 3 is 2.48 bits per heavy atom. The zero-order valence-corrected chi connectivity index (χ0v) is 16.0. The number of hydrogen-bond acceptors (Lipinski definition) is 4. The van der Waals surface area contributed by atoms with E-state index >= 15 is 0 Å². The van der Waals surface area contributed by atoms with Gasteiger partial charge in [0.05, 0.1) is 11.4 Å². The van der Waals surface area contributed by atoms with Crippen LogP contribution in [-0.4, -0.2) is 44.9 Å². The second kappa shape index (κ2) is 9.01. The Bertz CT molecular complexity index is 863. The Morgan fingerprint density at radius 1 is 1.00 bits per heavy atom. The van der Waals surface area contributed by atoms with E-state index in [9.17, 15) is 13.2 Å². The Labute approximate surface area is 160 Å². The number of nitrogens with zero attached hydrogens (tertiary/aromatic N) is 1. The largest absolute Gasteiger partial charge is 0.492 e. The molecule has 0 saturated carbocycles. The normalized spacial score (nSPS) is 15.3. The summed E-state index contributed by atoms with van der Waals surface area (Å²) in [4.78, 5) is 12.5. The molecular weight excluding hydrogens is 364 g/mol. The molecule has 1 amide bonds. The molecule has 6 nitrogen and oxygen atoms in total. The van der Waals surface area contributed by atoms with Gasteiger partial charge < -0.3 is 10.1 Å². The standard InChI is InChI=1S/C20H24N2O4S/c23-20(21-12-15-26-18-9-3-1-4-10-18)17-8-7-11-19(16-17)27(24,25)22-13-5-2-6-14-22/h1,3-4,7-11,16H,2,5-6,12-15H2,(H,21,23). The molecule has 0 aromatic heterocycles. The molecule has 0 bridgehead atoms. The average molecular weight is 388 g/mol. The molecule has 2 aromatic carbocycles. The third-order valence-corrected chi connectivity index (χ3v) is 6.34. The highest BCUT2D eigenvalue weighted by molar-refractivity contribution is 7.89. The zero-order chi connectivity index (χ0) is 19.1. The minimum Gasteiger partial charge on any atom is -0.492 e. The summed E-state index contributed by atoms with van der Waals surface area (Å²) in [6, 6.07) is 15.5. The monoisotopic (exact) mass is 388 g/mol. The third kappa shape index (κ3) is 5.08. The number of carbonyl (C=O) groups is 1. The molecule has 3 rings (SSSR count). The molecule has 0 radical (unpaired) electrons. The Kier molecular flexibility index (Phi) is 6.47. The van der Waals surface area contributed by atoms with E-state index in [2.05, 4.69) is 5.32 Å². The lowest BCUT2D eigenvalue weighted by atomic mass is 10.2. The molecule has 0 spiro atoms. The molecule has 1 N–H and O–H groups in total. The third-order valence-electron chi connectivity index (χ3n) is 4.45. The van der Waals surface area contributed by atoms with Gasteiger partial charge in [-0.3, -0.25) is 4.79 Å². The summed E-state index contributed by atoms with van der Waals surface area (Å²) in [6.45, 7) is 1.74. The molecular formula is C20H24N2O4S. The van der Waals surface area contributed by atoms with Crippen molar-refractivity contribution in [1.82, 2.24) is 9.62 Å². The van der Waals surface area contributed by atoms with Crippen molar-refractivity contribution in [2.24, 2.45) is 0 Å². The molecule has 144 valence electrons. The van der Waals surface area contributed by atoms with Gasteiger partial charge >= 0.3 is 0 Å². The first-order valence-corrected chi connectivity index (χ1v) is 10.6. The molecule has 27 heavy (non-hydrogen) atoms. The van der Waals surface area contributed by atoms with Gasteiger partial charge in [-0.1, -0.05) is 30.7 Å². The van der Waals surface area contributed by atoms with E-state index in [0.717, 1.165) is 25.0 Å². The van der Waals surface area contributed by atoms with Gasteiger partial charge in [-0.2, -0.15) is 4.31 Å². The summed E-state index contributed by atoms with van der Waals surface area (Å²) >= 11 is 0. The predicted molar refractivity (Wildman–Crippen MR) is 103 cm³/mol.